The first-order valence-electron chi connectivity index (χ1n) is 7.41. The molecule has 2 fully saturated rings. The van der Waals surface area contributed by atoms with Gasteiger partial charge < -0.3 is 9.57 Å². The van der Waals surface area contributed by atoms with Crippen LogP contribution in [0.1, 0.15) is 51.4 Å². The molecular weight excluding hydrogens is 274 g/mol. The Labute approximate surface area is 124 Å². The number of carbonyl (C=O) groups is 3. The minimum atomic E-state index is -0.716. The highest BCUT2D eigenvalue weighted by atomic mass is 16.7. The van der Waals surface area contributed by atoms with Crippen molar-refractivity contribution < 1.29 is 24.0 Å². The van der Waals surface area contributed by atoms with Gasteiger partial charge in [-0.25, -0.2) is 4.79 Å². The summed E-state index contributed by atoms with van der Waals surface area (Å²) in [7, 11) is 0. The number of nitrogens with zero attached hydrogens (tertiary/aromatic N) is 1. The number of rotatable bonds is 4. The van der Waals surface area contributed by atoms with Gasteiger partial charge in [0.2, 0.25) is 0 Å². The van der Waals surface area contributed by atoms with Gasteiger partial charge in [0.05, 0.1) is 6.10 Å². The summed E-state index contributed by atoms with van der Waals surface area (Å²) in [6.07, 6.45) is 6.13. The van der Waals surface area contributed by atoms with Crippen molar-refractivity contribution in [1.82, 2.24) is 5.06 Å². The number of carbonyl (C=O) groups excluding carboxylic acids is 3. The molecule has 1 heterocycles. The van der Waals surface area contributed by atoms with Gasteiger partial charge in [0, 0.05) is 12.8 Å². The van der Waals surface area contributed by atoms with E-state index >= 15 is 0 Å². The Bertz CT molecular complexity index is 429. The molecule has 6 heteroatoms. The number of hydroxylamine groups is 2. The van der Waals surface area contributed by atoms with Crippen LogP contribution < -0.4 is 0 Å². The van der Waals surface area contributed by atoms with E-state index in [-0.39, 0.29) is 25.6 Å². The van der Waals surface area contributed by atoms with Crippen LogP contribution in [-0.2, 0) is 24.0 Å². The van der Waals surface area contributed by atoms with Crippen molar-refractivity contribution >= 4 is 17.8 Å². The number of ether oxygens (including phenoxy) is 1. The van der Waals surface area contributed by atoms with Crippen molar-refractivity contribution in [3.63, 3.8) is 0 Å². The van der Waals surface area contributed by atoms with Crippen LogP contribution in [0, 0.1) is 0 Å². The van der Waals surface area contributed by atoms with E-state index in [4.69, 9.17) is 9.57 Å². The van der Waals surface area contributed by atoms with Crippen LogP contribution in [0.2, 0.25) is 0 Å². The Morgan fingerprint density at radius 1 is 1.14 bits per heavy atom. The van der Waals surface area contributed by atoms with Gasteiger partial charge in [-0.2, -0.15) is 0 Å². The maximum absolute atomic E-state index is 11.7. The van der Waals surface area contributed by atoms with Gasteiger partial charge in [-0.3, -0.25) is 9.59 Å². The summed E-state index contributed by atoms with van der Waals surface area (Å²) in [6, 6.07) is 0. The van der Waals surface area contributed by atoms with Crippen molar-refractivity contribution in [2.24, 2.45) is 0 Å². The summed E-state index contributed by atoms with van der Waals surface area (Å²) >= 11 is 0. The van der Waals surface area contributed by atoms with Gasteiger partial charge in [0.25, 0.3) is 11.8 Å². The Morgan fingerprint density at radius 3 is 2.57 bits per heavy atom. The molecule has 0 spiro atoms. The van der Waals surface area contributed by atoms with Gasteiger partial charge >= 0.3 is 5.97 Å². The van der Waals surface area contributed by atoms with Crippen LogP contribution in [-0.4, -0.2) is 35.6 Å². The third-order valence-corrected chi connectivity index (χ3v) is 3.71. The summed E-state index contributed by atoms with van der Waals surface area (Å²) in [6.45, 7) is 3.75. The van der Waals surface area contributed by atoms with Gasteiger partial charge in [0.1, 0.15) is 6.61 Å². The van der Waals surface area contributed by atoms with Crippen LogP contribution in [0.15, 0.2) is 12.2 Å². The highest BCUT2D eigenvalue weighted by Crippen LogP contribution is 2.22. The molecular formula is C15H21NO5. The summed E-state index contributed by atoms with van der Waals surface area (Å²) in [4.78, 5) is 39.1. The number of imide groups is 1. The Morgan fingerprint density at radius 2 is 1.86 bits per heavy atom. The molecule has 0 aromatic heterocycles. The van der Waals surface area contributed by atoms with E-state index in [0.29, 0.717) is 5.06 Å². The predicted octanol–water partition coefficient (Wildman–Crippen LogP) is 1.89. The summed E-state index contributed by atoms with van der Waals surface area (Å²) in [5, 5.41) is 0.544. The fourth-order valence-electron chi connectivity index (χ4n) is 2.56. The summed E-state index contributed by atoms with van der Waals surface area (Å²) in [5.41, 5.74) is 1.14. The molecule has 2 aliphatic rings. The molecule has 0 radical (unpaired) electrons. The number of hydrogen-bond acceptors (Lipinski definition) is 5. The molecule has 0 aromatic carbocycles. The van der Waals surface area contributed by atoms with Crippen molar-refractivity contribution in [2.75, 3.05) is 6.61 Å². The monoisotopic (exact) mass is 295 g/mol. The first-order chi connectivity index (χ1) is 10.1. The van der Waals surface area contributed by atoms with Crippen LogP contribution in [0.5, 0.6) is 0 Å². The molecule has 2 amide bonds. The molecule has 1 atom stereocenters. The summed E-state index contributed by atoms with van der Waals surface area (Å²) < 4.78 is 5.55. The second-order valence-corrected chi connectivity index (χ2v) is 5.53. The average molecular weight is 295 g/mol. The molecule has 1 aliphatic carbocycles. The molecule has 2 rings (SSSR count). The maximum Gasteiger partial charge on any atom is 0.358 e. The third-order valence-electron chi connectivity index (χ3n) is 3.71. The van der Waals surface area contributed by atoms with E-state index in [1.54, 1.807) is 0 Å². The smallest absolute Gasteiger partial charge is 0.358 e. The molecule has 1 aliphatic heterocycles. The highest BCUT2D eigenvalue weighted by Gasteiger charge is 2.33. The zero-order chi connectivity index (χ0) is 15.2. The van der Waals surface area contributed by atoms with Crippen molar-refractivity contribution in [3.05, 3.63) is 12.2 Å². The topological polar surface area (TPSA) is 72.9 Å². The first kappa shape index (κ1) is 15.7. The van der Waals surface area contributed by atoms with Gasteiger partial charge in [-0.05, 0) is 25.7 Å². The zero-order valence-corrected chi connectivity index (χ0v) is 12.1. The SMILES string of the molecule is C=C1CCCCCC(OCC(=O)ON2C(=O)CCC2=O)C1. The second kappa shape index (κ2) is 7.36. The first-order valence-corrected chi connectivity index (χ1v) is 7.41. The quantitative estimate of drug-likeness (QED) is 0.585. The highest BCUT2D eigenvalue weighted by molar-refractivity contribution is 6.01. The van der Waals surface area contributed by atoms with E-state index in [2.05, 4.69) is 6.58 Å². The van der Waals surface area contributed by atoms with E-state index in [0.717, 1.165) is 44.1 Å². The largest absolute Gasteiger partial charge is 0.366 e. The van der Waals surface area contributed by atoms with Crippen LogP contribution in [0.25, 0.3) is 0 Å². The summed E-state index contributed by atoms with van der Waals surface area (Å²) in [5.74, 6) is -1.67. The third kappa shape index (κ3) is 4.67. The van der Waals surface area contributed by atoms with E-state index in [1.807, 2.05) is 0 Å². The molecule has 0 bridgehead atoms. The molecule has 1 saturated carbocycles. The van der Waals surface area contributed by atoms with E-state index < -0.39 is 17.8 Å². The lowest BCUT2D eigenvalue weighted by Gasteiger charge is -2.21. The van der Waals surface area contributed by atoms with E-state index in [9.17, 15) is 14.4 Å². The number of amides is 2. The van der Waals surface area contributed by atoms with Gasteiger partial charge in [-0.1, -0.05) is 25.0 Å². The molecule has 6 nitrogen and oxygen atoms in total. The van der Waals surface area contributed by atoms with Crippen LogP contribution >= 0.6 is 0 Å². The van der Waals surface area contributed by atoms with Gasteiger partial charge in [-0.15, -0.1) is 5.06 Å². The minimum absolute atomic E-state index is 0.0460. The molecule has 21 heavy (non-hydrogen) atoms. The van der Waals surface area contributed by atoms with Crippen LogP contribution in [0.4, 0.5) is 0 Å². The zero-order valence-electron chi connectivity index (χ0n) is 12.1. The van der Waals surface area contributed by atoms with Gasteiger partial charge in [0.15, 0.2) is 0 Å². The van der Waals surface area contributed by atoms with Crippen molar-refractivity contribution in [2.45, 2.75) is 57.5 Å². The van der Waals surface area contributed by atoms with Crippen molar-refractivity contribution in [3.8, 4) is 0 Å². The molecule has 116 valence electrons. The van der Waals surface area contributed by atoms with E-state index in [1.165, 1.54) is 0 Å². The Kier molecular flexibility index (Phi) is 5.50. The lowest BCUT2D eigenvalue weighted by molar-refractivity contribution is -0.201. The molecule has 1 saturated heterocycles. The lowest BCUT2D eigenvalue weighted by Crippen LogP contribution is -2.34. The Hall–Kier alpha value is -1.69. The average Bonchev–Trinajstić information content (AvgIpc) is 2.73. The van der Waals surface area contributed by atoms with Crippen LogP contribution in [0.3, 0.4) is 0 Å². The fraction of sp³-hybridized carbons (Fsp3) is 0.667. The molecule has 1 unspecified atom stereocenters. The maximum atomic E-state index is 11.7. The molecule has 0 N–H and O–H groups in total. The standard InChI is InChI=1S/C15H21NO5/c1-11-5-3-2-4-6-12(9-11)20-10-15(19)21-16-13(17)7-8-14(16)18/h12H,1-10H2. The second-order valence-electron chi connectivity index (χ2n) is 5.53. The minimum Gasteiger partial charge on any atom is -0.366 e. The Balaban J connectivity index is 1.76. The number of hydrogen-bond donors (Lipinski definition) is 0. The fourth-order valence-corrected chi connectivity index (χ4v) is 2.56. The lowest BCUT2D eigenvalue weighted by atomic mass is 9.95. The normalized spacial score (nSPS) is 23.9. The molecule has 0 aromatic rings. The predicted molar refractivity (Wildman–Crippen MR) is 73.8 cm³/mol. The van der Waals surface area contributed by atoms with Crippen molar-refractivity contribution in [1.29, 1.82) is 0 Å².